The maximum atomic E-state index is 12.6. The number of nitrogens with two attached hydrogens (primary N) is 1. The predicted molar refractivity (Wildman–Crippen MR) is 75.6 cm³/mol. The lowest BCUT2D eigenvalue weighted by molar-refractivity contribution is 0.0333. The summed E-state index contributed by atoms with van der Waals surface area (Å²) in [7, 11) is -0.622. The van der Waals surface area contributed by atoms with Crippen LogP contribution in [0.1, 0.15) is 31.4 Å². The van der Waals surface area contributed by atoms with E-state index in [-0.39, 0.29) is 17.3 Å². The van der Waals surface area contributed by atoms with E-state index in [1.807, 2.05) is 0 Å². The molecule has 7 nitrogen and oxygen atoms in total. The Balaban J connectivity index is 2.30. The number of rotatable bonds is 4. The fraction of sp³-hybridized carbons (Fsp3) is 0.750. The Morgan fingerprint density at radius 3 is 2.45 bits per heavy atom. The van der Waals surface area contributed by atoms with Crippen molar-refractivity contribution in [2.24, 2.45) is 7.05 Å². The molecule has 20 heavy (non-hydrogen) atoms. The first-order valence-corrected chi connectivity index (χ1v) is 8.09. The molecule has 3 N–H and O–H groups in total. The SMILES string of the molecule is Cc1c(S(=O)(=O)N(C)CC2(O)CCCC2)c(N)nn1C. The average Bonchev–Trinajstić information content (AvgIpc) is 2.84. The van der Waals surface area contributed by atoms with Crippen molar-refractivity contribution in [1.29, 1.82) is 0 Å². The summed E-state index contributed by atoms with van der Waals surface area (Å²) in [5.41, 5.74) is 5.28. The summed E-state index contributed by atoms with van der Waals surface area (Å²) in [4.78, 5) is 0.0316. The molecule has 0 bridgehead atoms. The number of aryl methyl sites for hydroxylation is 1. The molecule has 114 valence electrons. The second kappa shape index (κ2) is 5.01. The number of hydrogen-bond acceptors (Lipinski definition) is 5. The maximum Gasteiger partial charge on any atom is 0.248 e. The minimum Gasteiger partial charge on any atom is -0.389 e. The first kappa shape index (κ1) is 15.3. The zero-order valence-electron chi connectivity index (χ0n) is 12.1. The maximum absolute atomic E-state index is 12.6. The van der Waals surface area contributed by atoms with Crippen molar-refractivity contribution in [3.63, 3.8) is 0 Å². The molecule has 1 fully saturated rings. The summed E-state index contributed by atoms with van der Waals surface area (Å²) in [5.74, 6) is -0.00439. The van der Waals surface area contributed by atoms with Gasteiger partial charge in [0.15, 0.2) is 5.82 Å². The number of hydrogen-bond donors (Lipinski definition) is 2. The second-order valence-corrected chi connectivity index (χ2v) is 7.60. The molecule has 0 amide bonds. The monoisotopic (exact) mass is 302 g/mol. The second-order valence-electron chi connectivity index (χ2n) is 5.62. The van der Waals surface area contributed by atoms with Crippen molar-refractivity contribution in [2.75, 3.05) is 19.3 Å². The number of anilines is 1. The van der Waals surface area contributed by atoms with Gasteiger partial charge in [0.1, 0.15) is 4.90 Å². The Kier molecular flexibility index (Phi) is 3.83. The third-order valence-electron chi connectivity index (χ3n) is 4.02. The molecular weight excluding hydrogens is 280 g/mol. The van der Waals surface area contributed by atoms with E-state index in [0.717, 1.165) is 12.8 Å². The number of sulfonamides is 1. The molecule has 1 aromatic rings. The van der Waals surface area contributed by atoms with Crippen LogP contribution in [0.5, 0.6) is 0 Å². The summed E-state index contributed by atoms with van der Waals surface area (Å²) >= 11 is 0. The van der Waals surface area contributed by atoms with Crippen LogP contribution in [0.3, 0.4) is 0 Å². The van der Waals surface area contributed by atoms with Crippen LogP contribution in [0.2, 0.25) is 0 Å². The zero-order valence-corrected chi connectivity index (χ0v) is 12.9. The van der Waals surface area contributed by atoms with Crippen molar-refractivity contribution in [1.82, 2.24) is 14.1 Å². The third-order valence-corrected chi connectivity index (χ3v) is 5.99. The van der Waals surface area contributed by atoms with Crippen LogP contribution in [0.4, 0.5) is 5.82 Å². The van der Waals surface area contributed by atoms with E-state index in [1.54, 1.807) is 14.0 Å². The molecule has 0 aliphatic heterocycles. The highest BCUT2D eigenvalue weighted by molar-refractivity contribution is 7.89. The predicted octanol–water partition coefficient (Wildman–Crippen LogP) is 0.236. The van der Waals surface area contributed by atoms with E-state index < -0.39 is 15.6 Å². The lowest BCUT2D eigenvalue weighted by atomic mass is 10.0. The molecule has 1 aliphatic carbocycles. The first-order chi connectivity index (χ1) is 9.17. The molecule has 0 unspecified atom stereocenters. The van der Waals surface area contributed by atoms with E-state index in [9.17, 15) is 13.5 Å². The smallest absolute Gasteiger partial charge is 0.248 e. The molecule has 0 spiro atoms. The van der Waals surface area contributed by atoms with Crippen molar-refractivity contribution < 1.29 is 13.5 Å². The molecule has 1 aliphatic rings. The van der Waals surface area contributed by atoms with Crippen LogP contribution in [0.25, 0.3) is 0 Å². The largest absolute Gasteiger partial charge is 0.389 e. The van der Waals surface area contributed by atoms with Crippen LogP contribution < -0.4 is 5.73 Å². The molecule has 1 saturated carbocycles. The summed E-state index contributed by atoms with van der Waals surface area (Å²) in [6, 6.07) is 0. The highest BCUT2D eigenvalue weighted by atomic mass is 32.2. The number of aliphatic hydroxyl groups is 1. The molecular formula is C12H22N4O3S. The van der Waals surface area contributed by atoms with Gasteiger partial charge in [0.2, 0.25) is 10.0 Å². The van der Waals surface area contributed by atoms with E-state index >= 15 is 0 Å². The van der Waals surface area contributed by atoms with Crippen molar-refractivity contribution >= 4 is 15.8 Å². The standard InChI is InChI=1S/C12H22N4O3S/c1-9-10(11(13)14-16(9)3)20(18,19)15(2)8-12(17)6-4-5-7-12/h17H,4-8H2,1-3H3,(H2,13,14). The molecule has 0 atom stereocenters. The van der Waals surface area contributed by atoms with Gasteiger partial charge < -0.3 is 10.8 Å². The summed E-state index contributed by atoms with van der Waals surface area (Å²) in [6.45, 7) is 1.75. The minimum absolute atomic E-state index is 0.00439. The van der Waals surface area contributed by atoms with Crippen LogP contribution in [-0.2, 0) is 17.1 Å². The molecule has 8 heteroatoms. The molecule has 1 aromatic heterocycles. The van der Waals surface area contributed by atoms with Gasteiger partial charge in [0, 0.05) is 20.6 Å². The van der Waals surface area contributed by atoms with Gasteiger partial charge in [-0.25, -0.2) is 8.42 Å². The molecule has 0 aromatic carbocycles. The Morgan fingerprint density at radius 2 is 2.00 bits per heavy atom. The quantitative estimate of drug-likeness (QED) is 0.829. The topological polar surface area (TPSA) is 101 Å². The first-order valence-electron chi connectivity index (χ1n) is 6.65. The minimum atomic E-state index is -3.74. The van der Waals surface area contributed by atoms with Crippen molar-refractivity contribution in [3.05, 3.63) is 5.69 Å². The van der Waals surface area contributed by atoms with Gasteiger partial charge in [-0.3, -0.25) is 4.68 Å². The Bertz CT molecular complexity index is 602. The number of likely N-dealkylation sites (N-methyl/N-ethyl adjacent to an activating group) is 1. The lowest BCUT2D eigenvalue weighted by Crippen LogP contribution is -2.42. The van der Waals surface area contributed by atoms with Gasteiger partial charge in [-0.15, -0.1) is 0 Å². The fourth-order valence-corrected chi connectivity index (χ4v) is 4.31. The number of nitrogens with zero attached hydrogens (tertiary/aromatic N) is 3. The Labute approximate surface area is 119 Å². The highest BCUT2D eigenvalue weighted by Gasteiger charge is 2.37. The summed E-state index contributed by atoms with van der Waals surface area (Å²) in [5, 5.41) is 14.3. The van der Waals surface area contributed by atoms with Gasteiger partial charge >= 0.3 is 0 Å². The molecule has 1 heterocycles. The highest BCUT2D eigenvalue weighted by Crippen LogP contribution is 2.32. The van der Waals surface area contributed by atoms with Gasteiger partial charge in [-0.05, 0) is 19.8 Å². The van der Waals surface area contributed by atoms with Crippen molar-refractivity contribution in [3.8, 4) is 0 Å². The Hall–Kier alpha value is -1.12. The molecule has 0 radical (unpaired) electrons. The van der Waals surface area contributed by atoms with Crippen LogP contribution in [-0.4, -0.2) is 46.8 Å². The third kappa shape index (κ3) is 2.55. The van der Waals surface area contributed by atoms with Gasteiger partial charge in [0.05, 0.1) is 11.3 Å². The average molecular weight is 302 g/mol. The zero-order chi connectivity index (χ0) is 15.1. The number of aromatic nitrogens is 2. The van der Waals surface area contributed by atoms with Crippen molar-refractivity contribution in [2.45, 2.75) is 43.1 Å². The number of nitrogen functional groups attached to an aromatic ring is 1. The fourth-order valence-electron chi connectivity index (χ4n) is 2.78. The van der Waals surface area contributed by atoms with E-state index in [4.69, 9.17) is 5.73 Å². The van der Waals surface area contributed by atoms with E-state index in [1.165, 1.54) is 16.0 Å². The summed E-state index contributed by atoms with van der Waals surface area (Å²) in [6.07, 6.45) is 3.12. The van der Waals surface area contributed by atoms with Gasteiger partial charge in [-0.1, -0.05) is 12.8 Å². The molecule has 2 rings (SSSR count). The van der Waals surface area contributed by atoms with E-state index in [2.05, 4.69) is 5.10 Å². The molecule has 0 saturated heterocycles. The van der Waals surface area contributed by atoms with Crippen LogP contribution >= 0.6 is 0 Å². The van der Waals surface area contributed by atoms with Crippen LogP contribution in [0, 0.1) is 6.92 Å². The van der Waals surface area contributed by atoms with Gasteiger partial charge in [0.25, 0.3) is 0 Å². The van der Waals surface area contributed by atoms with Gasteiger partial charge in [-0.2, -0.15) is 9.40 Å². The Morgan fingerprint density at radius 1 is 1.45 bits per heavy atom. The van der Waals surface area contributed by atoms with E-state index in [0.29, 0.717) is 18.5 Å². The lowest BCUT2D eigenvalue weighted by Gasteiger charge is -2.28. The van der Waals surface area contributed by atoms with Crippen LogP contribution in [0.15, 0.2) is 4.90 Å². The normalized spacial score (nSPS) is 18.9. The summed E-state index contributed by atoms with van der Waals surface area (Å²) < 4.78 is 27.8.